The number of amides is 1. The molecule has 0 fully saturated rings. The monoisotopic (exact) mass is 304 g/mol. The second kappa shape index (κ2) is 8.12. The van der Waals surface area contributed by atoms with Crippen molar-refractivity contribution in [2.24, 2.45) is 0 Å². The standard InChI is InChI=1S/C17H18F2N2O/c18-14-5-3-6-15(12-14)20-11-9-17(22)21-10-8-13-4-1-2-7-16(13)19/h1-7,12,20H,8-11H2,(H,21,22). The zero-order valence-electron chi connectivity index (χ0n) is 12.1. The van der Waals surface area contributed by atoms with Gasteiger partial charge in [-0.15, -0.1) is 0 Å². The highest BCUT2D eigenvalue weighted by molar-refractivity contribution is 5.76. The van der Waals surface area contributed by atoms with Gasteiger partial charge in [-0.05, 0) is 36.2 Å². The Morgan fingerprint density at radius 3 is 2.59 bits per heavy atom. The van der Waals surface area contributed by atoms with Crippen LogP contribution in [0, 0.1) is 11.6 Å². The molecule has 0 radical (unpaired) electrons. The predicted molar refractivity (Wildman–Crippen MR) is 82.6 cm³/mol. The third-order valence-corrected chi connectivity index (χ3v) is 3.18. The average molecular weight is 304 g/mol. The van der Waals surface area contributed by atoms with Crippen molar-refractivity contribution < 1.29 is 13.6 Å². The van der Waals surface area contributed by atoms with Crippen LogP contribution in [0.1, 0.15) is 12.0 Å². The molecule has 0 unspecified atom stereocenters. The van der Waals surface area contributed by atoms with Gasteiger partial charge in [0, 0.05) is 25.2 Å². The fourth-order valence-corrected chi connectivity index (χ4v) is 2.04. The molecule has 0 saturated heterocycles. The van der Waals surface area contributed by atoms with Gasteiger partial charge in [-0.25, -0.2) is 8.78 Å². The maximum Gasteiger partial charge on any atom is 0.221 e. The Morgan fingerprint density at radius 1 is 1.00 bits per heavy atom. The molecule has 1 amide bonds. The topological polar surface area (TPSA) is 41.1 Å². The number of anilines is 1. The quantitative estimate of drug-likeness (QED) is 0.825. The number of benzene rings is 2. The van der Waals surface area contributed by atoms with Crippen LogP contribution in [0.25, 0.3) is 0 Å². The summed E-state index contributed by atoms with van der Waals surface area (Å²) in [5, 5.41) is 5.71. The van der Waals surface area contributed by atoms with Crippen molar-refractivity contribution >= 4 is 11.6 Å². The average Bonchev–Trinajstić information content (AvgIpc) is 2.49. The van der Waals surface area contributed by atoms with Gasteiger partial charge in [0.05, 0.1) is 0 Å². The van der Waals surface area contributed by atoms with E-state index in [0.717, 1.165) is 0 Å². The molecule has 5 heteroatoms. The van der Waals surface area contributed by atoms with Gasteiger partial charge in [0.2, 0.25) is 5.91 Å². The summed E-state index contributed by atoms with van der Waals surface area (Å²) < 4.78 is 26.3. The van der Waals surface area contributed by atoms with Gasteiger partial charge in [0.1, 0.15) is 11.6 Å². The minimum atomic E-state index is -0.320. The van der Waals surface area contributed by atoms with Crippen LogP contribution in [0.5, 0.6) is 0 Å². The summed E-state index contributed by atoms with van der Waals surface area (Å²) in [6.07, 6.45) is 0.726. The third-order valence-electron chi connectivity index (χ3n) is 3.18. The van der Waals surface area contributed by atoms with Crippen LogP contribution in [0.3, 0.4) is 0 Å². The lowest BCUT2D eigenvalue weighted by atomic mass is 10.1. The van der Waals surface area contributed by atoms with Gasteiger partial charge in [-0.2, -0.15) is 0 Å². The second-order valence-corrected chi connectivity index (χ2v) is 4.88. The molecule has 0 saturated carbocycles. The molecule has 116 valence electrons. The molecule has 0 aliphatic rings. The molecular formula is C17H18F2N2O. The molecule has 22 heavy (non-hydrogen) atoms. The van der Waals surface area contributed by atoms with Crippen LogP contribution in [0.15, 0.2) is 48.5 Å². The molecule has 2 aromatic rings. The summed E-state index contributed by atoms with van der Waals surface area (Å²) in [4.78, 5) is 11.7. The smallest absolute Gasteiger partial charge is 0.221 e. The number of nitrogens with one attached hydrogen (secondary N) is 2. The number of rotatable bonds is 7. The lowest BCUT2D eigenvalue weighted by molar-refractivity contribution is -0.120. The molecule has 0 bridgehead atoms. The largest absolute Gasteiger partial charge is 0.384 e. The first kappa shape index (κ1) is 15.9. The fourth-order valence-electron chi connectivity index (χ4n) is 2.04. The van der Waals surface area contributed by atoms with E-state index in [0.29, 0.717) is 30.8 Å². The normalized spacial score (nSPS) is 10.3. The van der Waals surface area contributed by atoms with Gasteiger partial charge in [-0.3, -0.25) is 4.79 Å². The van der Waals surface area contributed by atoms with E-state index in [1.165, 1.54) is 18.2 Å². The molecule has 2 aromatic carbocycles. The Labute approximate surface area is 128 Å². The van der Waals surface area contributed by atoms with Gasteiger partial charge in [-0.1, -0.05) is 24.3 Å². The summed E-state index contributed by atoms with van der Waals surface area (Å²) in [5.41, 5.74) is 1.22. The number of hydrogen-bond acceptors (Lipinski definition) is 2. The van der Waals surface area contributed by atoms with Crippen LogP contribution in [0.2, 0.25) is 0 Å². The van der Waals surface area contributed by atoms with E-state index in [-0.39, 0.29) is 24.0 Å². The Bertz CT molecular complexity index is 632. The predicted octanol–water partition coefficient (Wildman–Crippen LogP) is 3.13. The highest BCUT2D eigenvalue weighted by atomic mass is 19.1. The Hall–Kier alpha value is -2.43. The van der Waals surface area contributed by atoms with Crippen molar-refractivity contribution in [2.45, 2.75) is 12.8 Å². The van der Waals surface area contributed by atoms with Crippen molar-refractivity contribution in [3.63, 3.8) is 0 Å². The molecular weight excluding hydrogens is 286 g/mol. The Balaban J connectivity index is 1.65. The van der Waals surface area contributed by atoms with E-state index in [4.69, 9.17) is 0 Å². The zero-order chi connectivity index (χ0) is 15.8. The van der Waals surface area contributed by atoms with Crippen LogP contribution < -0.4 is 10.6 Å². The van der Waals surface area contributed by atoms with Crippen molar-refractivity contribution in [3.8, 4) is 0 Å². The summed E-state index contributed by atoms with van der Waals surface area (Å²) in [5.74, 6) is -0.705. The van der Waals surface area contributed by atoms with Crippen LogP contribution in [-0.2, 0) is 11.2 Å². The first-order chi connectivity index (χ1) is 10.6. The van der Waals surface area contributed by atoms with Crippen LogP contribution in [-0.4, -0.2) is 19.0 Å². The molecule has 0 spiro atoms. The van der Waals surface area contributed by atoms with Gasteiger partial charge in [0.15, 0.2) is 0 Å². The van der Waals surface area contributed by atoms with E-state index < -0.39 is 0 Å². The van der Waals surface area contributed by atoms with Crippen molar-refractivity contribution in [2.75, 3.05) is 18.4 Å². The Morgan fingerprint density at radius 2 is 1.82 bits per heavy atom. The lowest BCUT2D eigenvalue weighted by Gasteiger charge is -2.08. The number of hydrogen-bond donors (Lipinski definition) is 2. The van der Waals surface area contributed by atoms with Gasteiger partial charge in [0.25, 0.3) is 0 Å². The van der Waals surface area contributed by atoms with Crippen molar-refractivity contribution in [3.05, 3.63) is 65.7 Å². The SMILES string of the molecule is O=C(CCNc1cccc(F)c1)NCCc1ccccc1F. The molecule has 3 nitrogen and oxygen atoms in total. The lowest BCUT2D eigenvalue weighted by Crippen LogP contribution is -2.27. The minimum absolute atomic E-state index is 0.125. The van der Waals surface area contributed by atoms with E-state index in [1.807, 2.05) is 0 Å². The van der Waals surface area contributed by atoms with Crippen molar-refractivity contribution in [1.82, 2.24) is 5.32 Å². The maximum absolute atomic E-state index is 13.4. The van der Waals surface area contributed by atoms with Crippen LogP contribution in [0.4, 0.5) is 14.5 Å². The molecule has 0 aromatic heterocycles. The van der Waals surface area contributed by atoms with Gasteiger partial charge < -0.3 is 10.6 Å². The van der Waals surface area contributed by atoms with E-state index in [9.17, 15) is 13.6 Å². The summed E-state index contributed by atoms with van der Waals surface area (Å²) in [7, 11) is 0. The van der Waals surface area contributed by atoms with Crippen LogP contribution >= 0.6 is 0 Å². The first-order valence-corrected chi connectivity index (χ1v) is 7.15. The third kappa shape index (κ3) is 5.16. The highest BCUT2D eigenvalue weighted by Gasteiger charge is 2.03. The van der Waals surface area contributed by atoms with E-state index >= 15 is 0 Å². The van der Waals surface area contributed by atoms with E-state index in [1.54, 1.807) is 30.3 Å². The summed E-state index contributed by atoms with van der Waals surface area (Å²) in [6.45, 7) is 0.800. The molecule has 0 aliphatic carbocycles. The second-order valence-electron chi connectivity index (χ2n) is 4.88. The number of halogens is 2. The molecule has 2 N–H and O–H groups in total. The molecule has 2 rings (SSSR count). The first-order valence-electron chi connectivity index (χ1n) is 7.15. The Kier molecular flexibility index (Phi) is 5.89. The number of carbonyl (C=O) groups is 1. The zero-order valence-corrected chi connectivity index (χ0v) is 12.1. The van der Waals surface area contributed by atoms with Gasteiger partial charge >= 0.3 is 0 Å². The van der Waals surface area contributed by atoms with Crippen molar-refractivity contribution in [1.29, 1.82) is 0 Å². The molecule has 0 heterocycles. The molecule has 0 aliphatic heterocycles. The highest BCUT2D eigenvalue weighted by Crippen LogP contribution is 2.09. The summed E-state index contributed by atoms with van der Waals surface area (Å²) >= 11 is 0. The fraction of sp³-hybridized carbons (Fsp3) is 0.235. The minimum Gasteiger partial charge on any atom is -0.384 e. The number of carbonyl (C=O) groups excluding carboxylic acids is 1. The summed E-state index contributed by atoms with van der Waals surface area (Å²) in [6, 6.07) is 12.6. The molecule has 0 atom stereocenters. The van der Waals surface area contributed by atoms with E-state index in [2.05, 4.69) is 10.6 Å². The maximum atomic E-state index is 13.4.